The van der Waals surface area contributed by atoms with E-state index in [0.29, 0.717) is 28.2 Å². The SMILES string of the molecule is CCOc1cc(/C=C2/SC(=Nc3ccc(Br)cc3)NC2=O)ccc1OC. The minimum absolute atomic E-state index is 0.167. The molecule has 1 amide bonds. The van der Waals surface area contributed by atoms with Gasteiger partial charge >= 0.3 is 0 Å². The predicted molar refractivity (Wildman–Crippen MR) is 109 cm³/mol. The topological polar surface area (TPSA) is 59.9 Å². The Morgan fingerprint density at radius 2 is 1.96 bits per heavy atom. The molecule has 3 rings (SSSR count). The molecule has 0 spiro atoms. The van der Waals surface area contributed by atoms with Gasteiger partial charge in [0.1, 0.15) is 0 Å². The van der Waals surface area contributed by atoms with Crippen LogP contribution >= 0.6 is 27.7 Å². The average Bonchev–Trinajstić information content (AvgIpc) is 2.97. The highest BCUT2D eigenvalue weighted by Crippen LogP contribution is 2.32. The van der Waals surface area contributed by atoms with Gasteiger partial charge in [-0.15, -0.1) is 0 Å². The number of nitrogens with one attached hydrogen (secondary N) is 1. The Balaban J connectivity index is 1.82. The Morgan fingerprint density at radius 1 is 1.19 bits per heavy atom. The Morgan fingerprint density at radius 3 is 2.65 bits per heavy atom. The maximum absolute atomic E-state index is 12.2. The van der Waals surface area contributed by atoms with Gasteiger partial charge in [0.25, 0.3) is 5.91 Å². The lowest BCUT2D eigenvalue weighted by Crippen LogP contribution is -2.19. The largest absolute Gasteiger partial charge is 0.493 e. The third kappa shape index (κ3) is 4.47. The first-order chi connectivity index (χ1) is 12.6. The van der Waals surface area contributed by atoms with Gasteiger partial charge in [0.2, 0.25) is 0 Å². The molecule has 0 saturated carbocycles. The van der Waals surface area contributed by atoms with Crippen molar-refractivity contribution in [1.29, 1.82) is 0 Å². The van der Waals surface area contributed by atoms with E-state index in [-0.39, 0.29) is 5.91 Å². The third-order valence-electron chi connectivity index (χ3n) is 3.49. The molecular formula is C19H17BrN2O3S. The first-order valence-corrected chi connectivity index (χ1v) is 9.56. The quantitative estimate of drug-likeness (QED) is 0.692. The number of nitrogens with zero attached hydrogens (tertiary/aromatic N) is 1. The van der Waals surface area contributed by atoms with Crippen molar-refractivity contribution in [3.05, 3.63) is 57.4 Å². The third-order valence-corrected chi connectivity index (χ3v) is 4.93. The molecule has 0 atom stereocenters. The number of ether oxygens (including phenoxy) is 2. The van der Waals surface area contributed by atoms with Crippen molar-refractivity contribution in [2.24, 2.45) is 4.99 Å². The summed E-state index contributed by atoms with van der Waals surface area (Å²) < 4.78 is 11.8. The van der Waals surface area contributed by atoms with Gasteiger partial charge in [-0.25, -0.2) is 4.99 Å². The molecule has 134 valence electrons. The van der Waals surface area contributed by atoms with E-state index in [1.165, 1.54) is 11.8 Å². The molecule has 0 unspecified atom stereocenters. The van der Waals surface area contributed by atoms with Crippen LogP contribution < -0.4 is 14.8 Å². The second-order valence-corrected chi connectivity index (χ2v) is 7.25. The summed E-state index contributed by atoms with van der Waals surface area (Å²) in [6, 6.07) is 13.1. The maximum atomic E-state index is 12.2. The van der Waals surface area contributed by atoms with Gasteiger partial charge in [-0.1, -0.05) is 22.0 Å². The van der Waals surface area contributed by atoms with Crippen molar-refractivity contribution in [2.75, 3.05) is 13.7 Å². The van der Waals surface area contributed by atoms with Crippen LogP contribution in [0.4, 0.5) is 5.69 Å². The monoisotopic (exact) mass is 432 g/mol. The minimum Gasteiger partial charge on any atom is -0.493 e. The number of aliphatic imine (C=N–C) groups is 1. The lowest BCUT2D eigenvalue weighted by atomic mass is 10.2. The second kappa shape index (κ2) is 8.42. The Kier molecular flexibility index (Phi) is 6.00. The predicted octanol–water partition coefficient (Wildman–Crippen LogP) is 4.75. The number of methoxy groups -OCH3 is 1. The van der Waals surface area contributed by atoms with Crippen LogP contribution in [0.15, 0.2) is 56.8 Å². The Labute approximate surface area is 164 Å². The van der Waals surface area contributed by atoms with Crippen LogP contribution in [-0.2, 0) is 4.79 Å². The molecule has 1 N–H and O–H groups in total. The maximum Gasteiger partial charge on any atom is 0.264 e. The fraction of sp³-hybridized carbons (Fsp3) is 0.158. The summed E-state index contributed by atoms with van der Waals surface area (Å²) in [5, 5.41) is 3.35. The van der Waals surface area contributed by atoms with Crippen molar-refractivity contribution < 1.29 is 14.3 Å². The molecule has 2 aromatic rings. The van der Waals surface area contributed by atoms with E-state index >= 15 is 0 Å². The van der Waals surface area contributed by atoms with Crippen LogP contribution in [0.3, 0.4) is 0 Å². The van der Waals surface area contributed by atoms with Crippen molar-refractivity contribution in [2.45, 2.75) is 6.92 Å². The summed E-state index contributed by atoms with van der Waals surface area (Å²) in [6.45, 7) is 2.45. The molecule has 0 bridgehead atoms. The number of hydrogen-bond donors (Lipinski definition) is 1. The molecule has 1 heterocycles. The molecule has 0 radical (unpaired) electrons. The number of carbonyl (C=O) groups is 1. The number of amides is 1. The van der Waals surface area contributed by atoms with Gasteiger partial charge in [-0.3, -0.25) is 4.79 Å². The van der Waals surface area contributed by atoms with E-state index in [1.807, 2.05) is 55.5 Å². The Bertz CT molecular complexity index is 879. The molecule has 1 fully saturated rings. The van der Waals surface area contributed by atoms with Gasteiger partial charge in [-0.2, -0.15) is 0 Å². The molecule has 7 heteroatoms. The molecule has 0 aliphatic carbocycles. The minimum atomic E-state index is -0.167. The number of halogens is 1. The van der Waals surface area contributed by atoms with E-state index in [2.05, 4.69) is 26.2 Å². The van der Waals surface area contributed by atoms with E-state index in [9.17, 15) is 4.79 Å². The van der Waals surface area contributed by atoms with Crippen LogP contribution in [-0.4, -0.2) is 24.8 Å². The van der Waals surface area contributed by atoms with Gasteiger partial charge in [-0.05, 0) is 66.7 Å². The summed E-state index contributed by atoms with van der Waals surface area (Å²) in [5.41, 5.74) is 1.64. The summed E-state index contributed by atoms with van der Waals surface area (Å²) in [6.07, 6.45) is 1.81. The molecule has 1 aliphatic heterocycles. The molecule has 0 aromatic heterocycles. The van der Waals surface area contributed by atoms with Crippen molar-refractivity contribution >= 4 is 50.5 Å². The van der Waals surface area contributed by atoms with Crippen molar-refractivity contribution in [3.8, 4) is 11.5 Å². The van der Waals surface area contributed by atoms with E-state index in [1.54, 1.807) is 7.11 Å². The normalized spacial score (nSPS) is 16.8. The number of carbonyl (C=O) groups excluding carboxylic acids is 1. The number of thioether (sulfide) groups is 1. The van der Waals surface area contributed by atoms with Crippen LogP contribution in [0.5, 0.6) is 11.5 Å². The summed E-state index contributed by atoms with van der Waals surface area (Å²) in [4.78, 5) is 17.3. The van der Waals surface area contributed by atoms with E-state index in [0.717, 1.165) is 15.7 Å². The number of benzene rings is 2. The summed E-state index contributed by atoms with van der Waals surface area (Å²) >= 11 is 4.70. The lowest BCUT2D eigenvalue weighted by molar-refractivity contribution is -0.115. The first kappa shape index (κ1) is 18.5. The average molecular weight is 433 g/mol. The molecule has 1 aliphatic rings. The standard InChI is InChI=1S/C19H17BrN2O3S/c1-3-25-16-10-12(4-9-15(16)24-2)11-17-18(23)22-19(26-17)21-14-7-5-13(20)6-8-14/h4-11H,3H2,1-2H3,(H,21,22,23)/b17-11+. The van der Waals surface area contributed by atoms with E-state index < -0.39 is 0 Å². The van der Waals surface area contributed by atoms with Crippen LogP contribution in [0.1, 0.15) is 12.5 Å². The van der Waals surface area contributed by atoms with E-state index in [4.69, 9.17) is 9.47 Å². The Hall–Kier alpha value is -2.25. The fourth-order valence-electron chi connectivity index (χ4n) is 2.32. The highest BCUT2D eigenvalue weighted by molar-refractivity contribution is 9.10. The van der Waals surface area contributed by atoms with Gasteiger partial charge in [0.15, 0.2) is 16.7 Å². The first-order valence-electron chi connectivity index (χ1n) is 7.95. The van der Waals surface area contributed by atoms with Crippen molar-refractivity contribution in [3.63, 3.8) is 0 Å². The van der Waals surface area contributed by atoms with Crippen LogP contribution in [0.2, 0.25) is 0 Å². The molecule has 1 saturated heterocycles. The summed E-state index contributed by atoms with van der Waals surface area (Å²) in [5.74, 6) is 1.14. The van der Waals surface area contributed by atoms with Crippen molar-refractivity contribution in [1.82, 2.24) is 5.32 Å². The molecule has 2 aromatic carbocycles. The number of hydrogen-bond acceptors (Lipinski definition) is 5. The fourth-order valence-corrected chi connectivity index (χ4v) is 3.42. The number of amidine groups is 1. The molecule has 26 heavy (non-hydrogen) atoms. The molecule has 5 nitrogen and oxygen atoms in total. The smallest absolute Gasteiger partial charge is 0.264 e. The lowest BCUT2D eigenvalue weighted by Gasteiger charge is -2.09. The molecular weight excluding hydrogens is 416 g/mol. The highest BCUT2D eigenvalue weighted by Gasteiger charge is 2.24. The van der Waals surface area contributed by atoms with Crippen LogP contribution in [0, 0.1) is 0 Å². The van der Waals surface area contributed by atoms with Gasteiger partial charge < -0.3 is 14.8 Å². The number of rotatable bonds is 5. The van der Waals surface area contributed by atoms with Gasteiger partial charge in [0.05, 0.1) is 24.3 Å². The zero-order valence-electron chi connectivity index (χ0n) is 14.3. The highest BCUT2D eigenvalue weighted by atomic mass is 79.9. The zero-order valence-corrected chi connectivity index (χ0v) is 16.7. The zero-order chi connectivity index (χ0) is 18.5. The van der Waals surface area contributed by atoms with Gasteiger partial charge in [0, 0.05) is 4.47 Å². The second-order valence-electron chi connectivity index (χ2n) is 5.30. The van der Waals surface area contributed by atoms with Crippen LogP contribution in [0.25, 0.3) is 6.08 Å². The summed E-state index contributed by atoms with van der Waals surface area (Å²) in [7, 11) is 1.60.